The van der Waals surface area contributed by atoms with E-state index in [1.165, 1.54) is 18.4 Å². The second kappa shape index (κ2) is 5.13. The van der Waals surface area contributed by atoms with Crippen LogP contribution in [0.4, 0.5) is 0 Å². The van der Waals surface area contributed by atoms with E-state index < -0.39 is 6.10 Å². The van der Waals surface area contributed by atoms with Gasteiger partial charge in [0.1, 0.15) is 6.10 Å². The van der Waals surface area contributed by atoms with Gasteiger partial charge in [0.05, 0.1) is 0 Å². The molecular weight excluding hydrogens is 196 g/mol. The van der Waals surface area contributed by atoms with Crippen LogP contribution in [0.25, 0.3) is 0 Å². The largest absolute Gasteiger partial charge is 0.384 e. The van der Waals surface area contributed by atoms with Crippen molar-refractivity contribution in [2.45, 2.75) is 31.8 Å². The second-order valence-electron chi connectivity index (χ2n) is 4.27. The summed E-state index contributed by atoms with van der Waals surface area (Å²) in [5.41, 5.74) is 3.38. The van der Waals surface area contributed by atoms with Crippen LogP contribution in [-0.2, 0) is 0 Å². The number of aliphatic hydroxyl groups excluding tert-OH is 1. The SMILES string of the molecule is C=CC1=C(C(O)c2ccccc2)CCCC1. The summed E-state index contributed by atoms with van der Waals surface area (Å²) in [5, 5.41) is 10.3. The van der Waals surface area contributed by atoms with Crippen molar-refractivity contribution in [1.29, 1.82) is 0 Å². The summed E-state index contributed by atoms with van der Waals surface area (Å²) in [6, 6.07) is 9.87. The number of rotatable bonds is 3. The van der Waals surface area contributed by atoms with Gasteiger partial charge in [0.15, 0.2) is 0 Å². The first-order valence-electron chi connectivity index (χ1n) is 5.90. The van der Waals surface area contributed by atoms with Crippen LogP contribution in [0.5, 0.6) is 0 Å². The second-order valence-corrected chi connectivity index (χ2v) is 4.27. The number of hydrogen-bond acceptors (Lipinski definition) is 1. The zero-order chi connectivity index (χ0) is 11.4. The van der Waals surface area contributed by atoms with E-state index in [1.54, 1.807) is 0 Å². The Morgan fingerprint density at radius 2 is 1.81 bits per heavy atom. The van der Waals surface area contributed by atoms with Gasteiger partial charge in [-0.05, 0) is 42.4 Å². The molecule has 1 nitrogen and oxygen atoms in total. The van der Waals surface area contributed by atoms with E-state index in [0.29, 0.717) is 0 Å². The molecule has 0 heterocycles. The molecule has 0 bridgehead atoms. The van der Waals surface area contributed by atoms with Gasteiger partial charge in [0.2, 0.25) is 0 Å². The summed E-state index contributed by atoms with van der Waals surface area (Å²) in [6.07, 6.45) is 5.90. The lowest BCUT2D eigenvalue weighted by Crippen LogP contribution is -2.08. The van der Waals surface area contributed by atoms with Gasteiger partial charge in [0.25, 0.3) is 0 Å². The summed E-state index contributed by atoms with van der Waals surface area (Å²) in [4.78, 5) is 0. The van der Waals surface area contributed by atoms with Crippen LogP contribution in [0.1, 0.15) is 37.4 Å². The molecule has 1 aliphatic rings. The Labute approximate surface area is 97.1 Å². The first kappa shape index (κ1) is 11.2. The topological polar surface area (TPSA) is 20.2 Å². The normalized spacial score (nSPS) is 18.3. The third-order valence-corrected chi connectivity index (χ3v) is 3.25. The maximum Gasteiger partial charge on any atom is 0.101 e. The number of aliphatic hydroxyl groups is 1. The molecule has 16 heavy (non-hydrogen) atoms. The molecular formula is C15H18O. The Bertz CT molecular complexity index is 389. The molecule has 1 heteroatoms. The molecule has 2 rings (SSSR count). The summed E-state index contributed by atoms with van der Waals surface area (Å²) >= 11 is 0. The maximum atomic E-state index is 10.3. The van der Waals surface area contributed by atoms with E-state index in [4.69, 9.17) is 0 Å². The van der Waals surface area contributed by atoms with Crippen LogP contribution >= 0.6 is 0 Å². The highest BCUT2D eigenvalue weighted by molar-refractivity contribution is 5.34. The lowest BCUT2D eigenvalue weighted by Gasteiger charge is -2.23. The van der Waals surface area contributed by atoms with Gasteiger partial charge < -0.3 is 5.11 Å². The van der Waals surface area contributed by atoms with Crippen LogP contribution in [0.15, 0.2) is 54.1 Å². The molecule has 0 aliphatic heterocycles. The first-order chi connectivity index (χ1) is 7.83. The van der Waals surface area contributed by atoms with Crippen molar-refractivity contribution in [2.75, 3.05) is 0 Å². The highest BCUT2D eigenvalue weighted by Gasteiger charge is 2.18. The van der Waals surface area contributed by atoms with E-state index in [1.807, 2.05) is 36.4 Å². The quantitative estimate of drug-likeness (QED) is 0.812. The zero-order valence-electron chi connectivity index (χ0n) is 9.52. The lowest BCUT2D eigenvalue weighted by molar-refractivity contribution is 0.207. The van der Waals surface area contributed by atoms with Crippen LogP contribution in [0.3, 0.4) is 0 Å². The summed E-state index contributed by atoms with van der Waals surface area (Å²) in [6.45, 7) is 3.84. The molecule has 84 valence electrons. The monoisotopic (exact) mass is 214 g/mol. The van der Waals surface area contributed by atoms with Crippen LogP contribution < -0.4 is 0 Å². The number of benzene rings is 1. The lowest BCUT2D eigenvalue weighted by atomic mass is 9.86. The van der Waals surface area contributed by atoms with Gasteiger partial charge in [-0.3, -0.25) is 0 Å². The minimum Gasteiger partial charge on any atom is -0.384 e. The van der Waals surface area contributed by atoms with Crippen LogP contribution in [0.2, 0.25) is 0 Å². The van der Waals surface area contributed by atoms with E-state index in [9.17, 15) is 5.11 Å². The zero-order valence-corrected chi connectivity index (χ0v) is 9.52. The standard InChI is InChI=1S/C15H18O/c1-2-12-8-6-7-11-14(12)15(16)13-9-4-3-5-10-13/h2-5,9-10,15-16H,1,6-8,11H2. The number of allylic oxidation sites excluding steroid dienone is 2. The molecule has 0 amide bonds. The molecule has 0 aromatic heterocycles. The van der Waals surface area contributed by atoms with E-state index in [2.05, 4.69) is 6.58 Å². The van der Waals surface area contributed by atoms with Crippen molar-refractivity contribution < 1.29 is 5.11 Å². The van der Waals surface area contributed by atoms with E-state index in [0.717, 1.165) is 24.0 Å². The van der Waals surface area contributed by atoms with E-state index in [-0.39, 0.29) is 0 Å². The van der Waals surface area contributed by atoms with Crippen molar-refractivity contribution in [3.8, 4) is 0 Å². The minimum atomic E-state index is -0.450. The molecule has 1 aliphatic carbocycles. The van der Waals surface area contributed by atoms with Gasteiger partial charge in [-0.1, -0.05) is 43.0 Å². The van der Waals surface area contributed by atoms with Crippen molar-refractivity contribution >= 4 is 0 Å². The maximum absolute atomic E-state index is 10.3. The smallest absolute Gasteiger partial charge is 0.101 e. The van der Waals surface area contributed by atoms with Crippen molar-refractivity contribution in [2.24, 2.45) is 0 Å². The molecule has 0 fully saturated rings. The van der Waals surface area contributed by atoms with Gasteiger partial charge in [-0.2, -0.15) is 0 Å². The third-order valence-electron chi connectivity index (χ3n) is 3.25. The minimum absolute atomic E-state index is 0.450. The Morgan fingerprint density at radius 3 is 2.50 bits per heavy atom. The summed E-state index contributed by atoms with van der Waals surface area (Å²) in [7, 11) is 0. The highest BCUT2D eigenvalue weighted by atomic mass is 16.3. The molecule has 0 radical (unpaired) electrons. The van der Waals surface area contributed by atoms with Gasteiger partial charge in [-0.15, -0.1) is 0 Å². The molecule has 1 N–H and O–H groups in total. The summed E-state index contributed by atoms with van der Waals surface area (Å²) < 4.78 is 0. The Hall–Kier alpha value is -1.34. The predicted molar refractivity (Wildman–Crippen MR) is 67.1 cm³/mol. The van der Waals surface area contributed by atoms with E-state index >= 15 is 0 Å². The third kappa shape index (κ3) is 2.25. The van der Waals surface area contributed by atoms with Gasteiger partial charge in [0, 0.05) is 0 Å². The molecule has 0 saturated carbocycles. The average Bonchev–Trinajstić information content (AvgIpc) is 2.39. The average molecular weight is 214 g/mol. The summed E-state index contributed by atoms with van der Waals surface area (Å²) in [5.74, 6) is 0. The van der Waals surface area contributed by atoms with Crippen molar-refractivity contribution in [1.82, 2.24) is 0 Å². The molecule has 1 aromatic rings. The van der Waals surface area contributed by atoms with Crippen LogP contribution in [0, 0.1) is 0 Å². The fourth-order valence-corrected chi connectivity index (χ4v) is 2.33. The first-order valence-corrected chi connectivity index (χ1v) is 5.90. The highest BCUT2D eigenvalue weighted by Crippen LogP contribution is 2.34. The van der Waals surface area contributed by atoms with Crippen molar-refractivity contribution in [3.63, 3.8) is 0 Å². The molecule has 0 saturated heterocycles. The van der Waals surface area contributed by atoms with Crippen LogP contribution in [-0.4, -0.2) is 5.11 Å². The predicted octanol–water partition coefficient (Wildman–Crippen LogP) is 3.78. The fourth-order valence-electron chi connectivity index (χ4n) is 2.33. The Morgan fingerprint density at radius 1 is 1.12 bits per heavy atom. The fraction of sp³-hybridized carbons (Fsp3) is 0.333. The Balaban J connectivity index is 2.30. The van der Waals surface area contributed by atoms with Gasteiger partial charge in [-0.25, -0.2) is 0 Å². The molecule has 1 atom stereocenters. The molecule has 1 aromatic carbocycles. The molecule has 0 spiro atoms. The number of hydrogen-bond donors (Lipinski definition) is 1. The van der Waals surface area contributed by atoms with Crippen molar-refractivity contribution in [3.05, 3.63) is 59.7 Å². The van der Waals surface area contributed by atoms with Gasteiger partial charge >= 0.3 is 0 Å². The Kier molecular flexibility index (Phi) is 3.58. The molecule has 1 unspecified atom stereocenters.